The van der Waals surface area contributed by atoms with E-state index >= 15 is 0 Å². The Morgan fingerprint density at radius 2 is 1.54 bits per heavy atom. The second-order valence-electron chi connectivity index (χ2n) is 18.5. The van der Waals surface area contributed by atoms with E-state index in [0.29, 0.717) is 29.6 Å². The molecule has 1 N–H and O–H groups in total. The van der Waals surface area contributed by atoms with Gasteiger partial charge in [0.15, 0.2) is 0 Å². The standard InChI is InChI=1S/C48H57N7O8/c1-28(54-17-13-48(14-18-54)23-32(24-48)63-31-7-8-33-35(21-31)47(60)55(46(33)59)39-9-10-43(56)50-44(39)57)29-11-15-53(16-12-29)27-38-40(61-5)19-30(20-41(38)62-6)37-26-52(4)45(58)36-25-49-42(51(2)3)22-34(36)37/h7-8,19-22,25-26,28-29,32,39H,9-18,23-24,27H2,1-6H3,(H,50,56,57). The Balaban J connectivity index is 0.777. The van der Waals surface area contributed by atoms with Crippen LogP contribution in [0.3, 0.4) is 0 Å². The number of nitrogens with zero attached hydrogens (tertiary/aromatic N) is 6. The Kier molecular flexibility index (Phi) is 11.3. The quantitative estimate of drug-likeness (QED) is 0.202. The van der Waals surface area contributed by atoms with E-state index in [1.165, 1.54) is 0 Å². The molecule has 4 aromatic rings. The van der Waals surface area contributed by atoms with E-state index < -0.39 is 29.7 Å². The largest absolute Gasteiger partial charge is 0.496 e. The minimum Gasteiger partial charge on any atom is -0.496 e. The number of amides is 4. The van der Waals surface area contributed by atoms with Crippen molar-refractivity contribution in [3.63, 3.8) is 0 Å². The zero-order chi connectivity index (χ0) is 44.3. The molecule has 332 valence electrons. The predicted octanol–water partition coefficient (Wildman–Crippen LogP) is 5.01. The van der Waals surface area contributed by atoms with Crippen molar-refractivity contribution in [2.45, 2.75) is 83.0 Å². The Morgan fingerprint density at radius 3 is 2.19 bits per heavy atom. The number of benzene rings is 2. The van der Waals surface area contributed by atoms with Gasteiger partial charge in [0.2, 0.25) is 11.8 Å². The fourth-order valence-electron chi connectivity index (χ4n) is 10.8. The molecule has 1 aliphatic carbocycles. The first kappa shape index (κ1) is 42.5. The molecule has 63 heavy (non-hydrogen) atoms. The molecule has 4 amide bonds. The Hall–Kier alpha value is -5.80. The summed E-state index contributed by atoms with van der Waals surface area (Å²) < 4.78 is 20.0. The van der Waals surface area contributed by atoms with E-state index in [1.807, 2.05) is 31.3 Å². The second-order valence-corrected chi connectivity index (χ2v) is 18.5. The highest BCUT2D eigenvalue weighted by atomic mass is 16.5. The maximum absolute atomic E-state index is 13.3. The van der Waals surface area contributed by atoms with E-state index in [9.17, 15) is 24.0 Å². The minimum atomic E-state index is -0.990. The van der Waals surface area contributed by atoms with Crippen LogP contribution in [0, 0.1) is 11.3 Å². The lowest BCUT2D eigenvalue weighted by molar-refractivity contribution is -0.136. The highest BCUT2D eigenvalue weighted by molar-refractivity contribution is 6.23. The SMILES string of the molecule is COc1cc(-c2cn(C)c(=O)c3cnc(N(C)C)cc23)cc(OC)c1CN1CCC(C(C)N2CCC3(CC2)CC(Oc2ccc4c(c2)C(=O)N(C2CCC(=O)NC2=O)C4=O)C3)CC1. The van der Waals surface area contributed by atoms with Gasteiger partial charge in [-0.3, -0.25) is 39.1 Å². The fraction of sp³-hybridized carbons (Fsp3) is 0.500. The lowest BCUT2D eigenvalue weighted by atomic mass is 9.61. The van der Waals surface area contributed by atoms with Gasteiger partial charge in [0.05, 0.1) is 42.4 Å². The number of ether oxygens (including phenoxy) is 3. The second kappa shape index (κ2) is 16.7. The van der Waals surface area contributed by atoms with Crippen molar-refractivity contribution in [2.75, 3.05) is 59.4 Å². The van der Waals surface area contributed by atoms with Crippen molar-refractivity contribution in [2.24, 2.45) is 18.4 Å². The summed E-state index contributed by atoms with van der Waals surface area (Å²) in [5.74, 6) is 1.39. The molecule has 2 aromatic heterocycles. The smallest absolute Gasteiger partial charge is 0.262 e. The number of carbonyl (C=O) groups excluding carboxylic acids is 4. The van der Waals surface area contributed by atoms with Crippen LogP contribution in [0.5, 0.6) is 17.2 Å². The average molecular weight is 860 g/mol. The summed E-state index contributed by atoms with van der Waals surface area (Å²) in [6, 6.07) is 10.5. The van der Waals surface area contributed by atoms with Crippen molar-refractivity contribution in [1.29, 1.82) is 0 Å². The zero-order valence-corrected chi connectivity index (χ0v) is 37.1. The normalized spacial score (nSPS) is 21.4. The van der Waals surface area contributed by atoms with Gasteiger partial charge < -0.3 is 28.6 Å². The number of hydrogen-bond acceptors (Lipinski definition) is 12. The van der Waals surface area contributed by atoms with Gasteiger partial charge in [-0.05, 0) is 131 Å². The number of pyridine rings is 2. The molecule has 2 unspecified atom stereocenters. The molecule has 5 aliphatic rings. The molecule has 6 heterocycles. The van der Waals surface area contributed by atoms with Crippen molar-refractivity contribution < 1.29 is 33.4 Å². The molecule has 15 heteroatoms. The Morgan fingerprint density at radius 1 is 0.857 bits per heavy atom. The number of aromatic nitrogens is 2. The van der Waals surface area contributed by atoms with Crippen LogP contribution < -0.4 is 30.0 Å². The van der Waals surface area contributed by atoms with E-state index in [2.05, 4.69) is 39.2 Å². The first-order valence-corrected chi connectivity index (χ1v) is 22.2. The number of methoxy groups -OCH3 is 2. The zero-order valence-electron chi connectivity index (χ0n) is 37.1. The van der Waals surface area contributed by atoms with Crippen LogP contribution >= 0.6 is 0 Å². The molecule has 1 spiro atoms. The van der Waals surface area contributed by atoms with Gasteiger partial charge in [0, 0.05) is 63.5 Å². The van der Waals surface area contributed by atoms with Crippen LogP contribution in [-0.4, -0.2) is 121 Å². The average Bonchev–Trinajstić information content (AvgIpc) is 3.51. The summed E-state index contributed by atoms with van der Waals surface area (Å²) >= 11 is 0. The minimum absolute atomic E-state index is 0.0468. The number of anilines is 1. The van der Waals surface area contributed by atoms with Gasteiger partial charge in [0.25, 0.3) is 17.4 Å². The third-order valence-electron chi connectivity index (χ3n) is 14.6. The summed E-state index contributed by atoms with van der Waals surface area (Å²) in [6.45, 7) is 7.23. The third kappa shape index (κ3) is 7.83. The summed E-state index contributed by atoms with van der Waals surface area (Å²) in [4.78, 5) is 76.2. The van der Waals surface area contributed by atoms with Gasteiger partial charge in [0.1, 0.15) is 29.1 Å². The van der Waals surface area contributed by atoms with E-state index in [1.54, 1.807) is 50.2 Å². The van der Waals surface area contributed by atoms with Crippen molar-refractivity contribution in [3.8, 4) is 28.4 Å². The molecular formula is C48H57N7O8. The van der Waals surface area contributed by atoms with Crippen LogP contribution in [0.25, 0.3) is 21.9 Å². The van der Waals surface area contributed by atoms with Crippen molar-refractivity contribution in [1.82, 2.24) is 29.6 Å². The molecule has 1 saturated carbocycles. The van der Waals surface area contributed by atoms with Gasteiger partial charge in [-0.25, -0.2) is 4.98 Å². The first-order valence-electron chi connectivity index (χ1n) is 22.2. The van der Waals surface area contributed by atoms with Crippen LogP contribution in [0.15, 0.2) is 53.6 Å². The number of imide groups is 2. The van der Waals surface area contributed by atoms with Gasteiger partial charge in [-0.1, -0.05) is 0 Å². The molecule has 0 bridgehead atoms. The predicted molar refractivity (Wildman–Crippen MR) is 237 cm³/mol. The number of likely N-dealkylation sites (tertiary alicyclic amines) is 2. The van der Waals surface area contributed by atoms with Crippen LogP contribution in [-0.2, 0) is 23.2 Å². The molecule has 2 atom stereocenters. The molecule has 3 saturated heterocycles. The van der Waals surface area contributed by atoms with Crippen LogP contribution in [0.2, 0.25) is 0 Å². The summed E-state index contributed by atoms with van der Waals surface area (Å²) in [5, 5.41) is 3.63. The van der Waals surface area contributed by atoms with E-state index in [4.69, 9.17) is 14.2 Å². The molecule has 9 rings (SSSR count). The molecule has 0 radical (unpaired) electrons. The molecule has 15 nitrogen and oxygen atoms in total. The molecule has 2 aromatic carbocycles. The number of aryl methyl sites for hydroxylation is 1. The van der Waals surface area contributed by atoms with Crippen molar-refractivity contribution >= 4 is 40.2 Å². The number of nitrogens with one attached hydrogen (secondary N) is 1. The van der Waals surface area contributed by atoms with Crippen LogP contribution in [0.4, 0.5) is 5.82 Å². The maximum Gasteiger partial charge on any atom is 0.262 e. The summed E-state index contributed by atoms with van der Waals surface area (Å²) in [7, 11) is 9.03. The number of rotatable bonds is 11. The summed E-state index contributed by atoms with van der Waals surface area (Å²) in [6.07, 6.45) is 10.2. The Labute approximate surface area is 367 Å². The lowest BCUT2D eigenvalue weighted by Gasteiger charge is -2.53. The van der Waals surface area contributed by atoms with E-state index in [0.717, 1.165) is 109 Å². The number of fused-ring (bicyclic) bond motifs is 2. The molecular weight excluding hydrogens is 803 g/mol. The highest BCUT2D eigenvalue weighted by Gasteiger charge is 2.49. The third-order valence-corrected chi connectivity index (χ3v) is 14.6. The molecule has 4 aliphatic heterocycles. The number of carbonyl (C=O) groups is 4. The maximum atomic E-state index is 13.3. The first-order chi connectivity index (χ1) is 30.3. The monoisotopic (exact) mass is 859 g/mol. The van der Waals surface area contributed by atoms with Crippen LogP contribution in [0.1, 0.15) is 84.6 Å². The van der Waals surface area contributed by atoms with Gasteiger partial charge >= 0.3 is 0 Å². The molecule has 4 fully saturated rings. The van der Waals surface area contributed by atoms with Gasteiger partial charge in [-0.2, -0.15) is 0 Å². The van der Waals surface area contributed by atoms with Gasteiger partial charge in [-0.15, -0.1) is 0 Å². The fourth-order valence-corrected chi connectivity index (χ4v) is 10.8. The number of hydrogen-bond donors (Lipinski definition) is 1. The van der Waals surface area contributed by atoms with E-state index in [-0.39, 0.29) is 41.0 Å². The summed E-state index contributed by atoms with van der Waals surface area (Å²) in [5.41, 5.74) is 3.48. The topological polar surface area (TPSA) is 156 Å². The van der Waals surface area contributed by atoms with Crippen molar-refractivity contribution in [3.05, 3.63) is 75.8 Å². The Bertz CT molecular complexity index is 2520. The number of piperidine rings is 3. The highest BCUT2D eigenvalue weighted by Crippen LogP contribution is 2.51. The lowest BCUT2D eigenvalue weighted by Crippen LogP contribution is -2.54.